The number of carbonyl (C=O) groups is 1. The van der Waals surface area contributed by atoms with Gasteiger partial charge in [0.2, 0.25) is 0 Å². The second-order valence-electron chi connectivity index (χ2n) is 9.29. The first-order valence-electron chi connectivity index (χ1n) is 10.7. The van der Waals surface area contributed by atoms with Crippen molar-refractivity contribution < 1.29 is 14.6 Å². The van der Waals surface area contributed by atoms with E-state index in [2.05, 4.69) is 23.1 Å². The van der Waals surface area contributed by atoms with Crippen LogP contribution in [0.4, 0.5) is 0 Å². The number of nitrogens with zero attached hydrogens (tertiary/aromatic N) is 1. The monoisotopic (exact) mass is 369 g/mol. The standard InChI is InChI=1S/C23H31NO3/c1-27-15-17-7-8-18-13-20-23(26)9-3-6-21(25)22(23,19(18)12-17)10-11-24(20)14-16-4-2-5-16/h7-8,12,16,20,26H,2-6,9-11,13-15H2,1H3/t20-,22+,23?/m1/s1. The number of piperidine rings is 1. The second-order valence-corrected chi connectivity index (χ2v) is 9.29. The van der Waals surface area contributed by atoms with Crippen LogP contribution in [0.15, 0.2) is 18.2 Å². The average Bonchev–Trinajstić information content (AvgIpc) is 2.60. The Morgan fingerprint density at radius 2 is 2.11 bits per heavy atom. The zero-order chi connectivity index (χ0) is 18.6. The van der Waals surface area contributed by atoms with Crippen LogP contribution in [0, 0.1) is 5.92 Å². The van der Waals surface area contributed by atoms with Gasteiger partial charge in [0.05, 0.1) is 17.6 Å². The summed E-state index contributed by atoms with van der Waals surface area (Å²) in [5.74, 6) is 1.05. The number of fused-ring (bicyclic) bond motifs is 1. The highest BCUT2D eigenvalue weighted by Crippen LogP contribution is 2.57. The van der Waals surface area contributed by atoms with Crippen molar-refractivity contribution in [2.24, 2.45) is 5.92 Å². The van der Waals surface area contributed by atoms with E-state index in [1.54, 1.807) is 7.11 Å². The highest BCUT2D eigenvalue weighted by Gasteiger charge is 2.67. The van der Waals surface area contributed by atoms with Gasteiger partial charge in [0.15, 0.2) is 0 Å². The maximum Gasteiger partial charge on any atom is 0.146 e. The molecule has 146 valence electrons. The van der Waals surface area contributed by atoms with E-state index in [4.69, 9.17) is 4.74 Å². The Kier molecular flexibility index (Phi) is 4.23. The number of Topliss-reactive ketones (excluding diaryl/α,β-unsaturated/α-hetero) is 1. The molecule has 4 heteroatoms. The summed E-state index contributed by atoms with van der Waals surface area (Å²) >= 11 is 0. The van der Waals surface area contributed by atoms with Crippen molar-refractivity contribution in [1.82, 2.24) is 4.90 Å². The summed E-state index contributed by atoms with van der Waals surface area (Å²) in [6.07, 6.45) is 7.78. The van der Waals surface area contributed by atoms with E-state index in [-0.39, 0.29) is 11.8 Å². The first-order chi connectivity index (χ1) is 13.1. The van der Waals surface area contributed by atoms with Crippen molar-refractivity contribution in [1.29, 1.82) is 0 Å². The molecule has 1 heterocycles. The molecule has 3 fully saturated rings. The smallest absolute Gasteiger partial charge is 0.146 e. The van der Waals surface area contributed by atoms with Crippen molar-refractivity contribution >= 4 is 5.78 Å². The number of hydrogen-bond donors (Lipinski definition) is 1. The first kappa shape index (κ1) is 17.8. The third-order valence-corrected chi connectivity index (χ3v) is 8.02. The number of hydrogen-bond acceptors (Lipinski definition) is 4. The van der Waals surface area contributed by atoms with Crippen LogP contribution in [-0.2, 0) is 28.0 Å². The topological polar surface area (TPSA) is 49.8 Å². The molecule has 1 aliphatic heterocycles. The lowest BCUT2D eigenvalue weighted by atomic mass is 9.49. The fourth-order valence-electron chi connectivity index (χ4n) is 6.47. The Balaban J connectivity index is 1.61. The molecule has 0 amide bonds. The lowest BCUT2D eigenvalue weighted by Crippen LogP contribution is -2.75. The summed E-state index contributed by atoms with van der Waals surface area (Å²) in [7, 11) is 1.70. The molecule has 0 spiro atoms. The predicted octanol–water partition coefficient (Wildman–Crippen LogP) is 2.99. The largest absolute Gasteiger partial charge is 0.387 e. The Bertz CT molecular complexity index is 758. The summed E-state index contributed by atoms with van der Waals surface area (Å²) in [5.41, 5.74) is 1.84. The molecule has 27 heavy (non-hydrogen) atoms. The number of rotatable bonds is 4. The molecule has 5 rings (SSSR count). The number of ether oxygens (including phenoxy) is 1. The second kappa shape index (κ2) is 6.40. The van der Waals surface area contributed by atoms with E-state index in [0.717, 1.165) is 55.8 Å². The van der Waals surface area contributed by atoms with Crippen molar-refractivity contribution in [2.75, 3.05) is 20.2 Å². The maximum absolute atomic E-state index is 13.4. The Labute approximate surface area is 161 Å². The van der Waals surface area contributed by atoms with Crippen LogP contribution in [-0.4, -0.2) is 47.6 Å². The molecule has 0 aromatic heterocycles. The fraction of sp³-hybridized carbons (Fsp3) is 0.696. The molecule has 3 aliphatic carbocycles. The molecule has 2 saturated carbocycles. The predicted molar refractivity (Wildman–Crippen MR) is 104 cm³/mol. The Hall–Kier alpha value is -1.23. The van der Waals surface area contributed by atoms with Gasteiger partial charge in [0.25, 0.3) is 0 Å². The van der Waals surface area contributed by atoms with Crippen LogP contribution in [0.5, 0.6) is 0 Å². The average molecular weight is 370 g/mol. The lowest BCUT2D eigenvalue weighted by Gasteiger charge is -2.63. The van der Waals surface area contributed by atoms with E-state index in [1.807, 2.05) is 0 Å². The third-order valence-electron chi connectivity index (χ3n) is 8.02. The molecule has 4 nitrogen and oxygen atoms in total. The molecule has 1 saturated heterocycles. The van der Waals surface area contributed by atoms with Gasteiger partial charge in [-0.15, -0.1) is 0 Å². The summed E-state index contributed by atoms with van der Waals surface area (Å²) in [6.45, 7) is 2.57. The molecule has 1 unspecified atom stereocenters. The third kappa shape index (κ3) is 2.43. The Morgan fingerprint density at radius 1 is 1.26 bits per heavy atom. The van der Waals surface area contributed by atoms with Crippen molar-refractivity contribution in [3.8, 4) is 0 Å². The van der Waals surface area contributed by atoms with Crippen LogP contribution in [0.25, 0.3) is 0 Å². The van der Waals surface area contributed by atoms with Crippen LogP contribution in [0.2, 0.25) is 0 Å². The van der Waals surface area contributed by atoms with Gasteiger partial charge in [-0.1, -0.05) is 24.6 Å². The fourth-order valence-corrected chi connectivity index (χ4v) is 6.47. The minimum absolute atomic E-state index is 0.0804. The van der Waals surface area contributed by atoms with Crippen molar-refractivity contribution in [3.05, 3.63) is 34.9 Å². The molecule has 1 aromatic rings. The molecule has 2 bridgehead atoms. The number of benzene rings is 1. The summed E-state index contributed by atoms with van der Waals surface area (Å²) < 4.78 is 5.33. The summed E-state index contributed by atoms with van der Waals surface area (Å²) in [6, 6.07) is 6.55. The highest BCUT2D eigenvalue weighted by molar-refractivity contribution is 5.94. The molecular formula is C23H31NO3. The number of ketones is 1. The number of methoxy groups -OCH3 is 1. The zero-order valence-corrected chi connectivity index (χ0v) is 16.4. The highest BCUT2D eigenvalue weighted by atomic mass is 16.5. The van der Waals surface area contributed by atoms with Crippen molar-refractivity contribution in [3.63, 3.8) is 0 Å². The van der Waals surface area contributed by atoms with E-state index < -0.39 is 11.0 Å². The van der Waals surface area contributed by atoms with E-state index in [1.165, 1.54) is 24.8 Å². The van der Waals surface area contributed by atoms with Gasteiger partial charge in [-0.25, -0.2) is 0 Å². The number of aliphatic hydroxyl groups is 1. The van der Waals surface area contributed by atoms with Gasteiger partial charge in [0, 0.05) is 26.1 Å². The van der Waals surface area contributed by atoms with E-state index >= 15 is 0 Å². The zero-order valence-electron chi connectivity index (χ0n) is 16.4. The van der Waals surface area contributed by atoms with Crippen molar-refractivity contribution in [2.45, 2.75) is 75.0 Å². The molecule has 0 radical (unpaired) electrons. The first-order valence-corrected chi connectivity index (χ1v) is 10.7. The Morgan fingerprint density at radius 3 is 2.85 bits per heavy atom. The number of likely N-dealkylation sites (tertiary alicyclic amines) is 1. The van der Waals surface area contributed by atoms with Gasteiger partial charge >= 0.3 is 0 Å². The van der Waals surface area contributed by atoms with Gasteiger partial charge in [-0.05, 0) is 67.7 Å². The lowest BCUT2D eigenvalue weighted by molar-refractivity contribution is -0.178. The number of carbonyl (C=O) groups excluding carboxylic acids is 1. The SMILES string of the molecule is COCc1ccc2c(c1)[C@]13CCN(CC4CCC4)[C@H](C2)C1(O)CCCC3=O. The minimum Gasteiger partial charge on any atom is -0.387 e. The molecule has 4 aliphatic rings. The van der Waals surface area contributed by atoms with E-state index in [9.17, 15) is 9.90 Å². The minimum atomic E-state index is -0.914. The van der Waals surface area contributed by atoms with E-state index in [0.29, 0.717) is 13.0 Å². The van der Waals surface area contributed by atoms with Crippen LogP contribution >= 0.6 is 0 Å². The molecule has 1 N–H and O–H groups in total. The van der Waals surface area contributed by atoms with Crippen LogP contribution in [0.1, 0.15) is 61.6 Å². The van der Waals surface area contributed by atoms with Gasteiger partial charge in [-0.2, -0.15) is 0 Å². The maximum atomic E-state index is 13.4. The van der Waals surface area contributed by atoms with Crippen LogP contribution in [0.3, 0.4) is 0 Å². The van der Waals surface area contributed by atoms with Gasteiger partial charge in [0.1, 0.15) is 5.78 Å². The molecule has 1 aromatic carbocycles. The quantitative estimate of drug-likeness (QED) is 0.886. The normalized spacial score (nSPS) is 36.1. The molecule has 3 atom stereocenters. The van der Waals surface area contributed by atoms with Gasteiger partial charge in [-0.3, -0.25) is 9.69 Å². The summed E-state index contributed by atoms with van der Waals surface area (Å²) in [4.78, 5) is 15.9. The van der Waals surface area contributed by atoms with Crippen LogP contribution < -0.4 is 0 Å². The molecular weight excluding hydrogens is 338 g/mol. The summed E-state index contributed by atoms with van der Waals surface area (Å²) in [5, 5.41) is 12.1. The van der Waals surface area contributed by atoms with Gasteiger partial charge < -0.3 is 9.84 Å².